The van der Waals surface area contributed by atoms with E-state index in [1.54, 1.807) is 6.07 Å². The average Bonchev–Trinajstić information content (AvgIpc) is 2.25. The van der Waals surface area contributed by atoms with Crippen LogP contribution in [0.4, 0.5) is 0 Å². The molecule has 96 valence electrons. The molecule has 0 spiro atoms. The molecule has 17 heavy (non-hydrogen) atoms. The molecule has 0 unspecified atom stereocenters. The second kappa shape index (κ2) is 5.14. The van der Waals surface area contributed by atoms with E-state index in [0.717, 1.165) is 0 Å². The maximum absolute atomic E-state index is 11.5. The summed E-state index contributed by atoms with van der Waals surface area (Å²) in [5.41, 5.74) is 0.609. The van der Waals surface area contributed by atoms with Crippen LogP contribution in [0.3, 0.4) is 0 Å². The molecule has 0 saturated heterocycles. The molecular formula is C11H15ClO4S. The van der Waals surface area contributed by atoms with E-state index < -0.39 is 9.05 Å². The van der Waals surface area contributed by atoms with Crippen LogP contribution in [0.5, 0.6) is 11.5 Å². The third kappa shape index (κ3) is 3.04. The van der Waals surface area contributed by atoms with Gasteiger partial charge in [-0.25, -0.2) is 8.42 Å². The maximum atomic E-state index is 11.5. The van der Waals surface area contributed by atoms with Gasteiger partial charge in [0.2, 0.25) is 0 Å². The van der Waals surface area contributed by atoms with E-state index in [1.807, 2.05) is 13.8 Å². The van der Waals surface area contributed by atoms with Crippen molar-refractivity contribution in [2.24, 2.45) is 0 Å². The largest absolute Gasteiger partial charge is 0.493 e. The van der Waals surface area contributed by atoms with Crippen molar-refractivity contribution in [3.05, 3.63) is 17.7 Å². The Morgan fingerprint density at radius 3 is 1.94 bits per heavy atom. The highest BCUT2D eigenvalue weighted by molar-refractivity contribution is 8.13. The summed E-state index contributed by atoms with van der Waals surface area (Å²) in [4.78, 5) is 0.0619. The Bertz CT molecular complexity index is 508. The molecular weight excluding hydrogens is 264 g/mol. The highest BCUT2D eigenvalue weighted by Gasteiger charge is 2.21. The molecule has 0 N–H and O–H groups in total. The molecule has 0 aliphatic heterocycles. The Balaban J connectivity index is 3.58. The van der Waals surface area contributed by atoms with Crippen LogP contribution in [0, 0.1) is 0 Å². The van der Waals surface area contributed by atoms with Crippen molar-refractivity contribution in [1.29, 1.82) is 0 Å². The molecule has 1 rings (SSSR count). The van der Waals surface area contributed by atoms with Crippen LogP contribution in [0.1, 0.15) is 25.3 Å². The molecule has 0 radical (unpaired) electrons. The fraction of sp³-hybridized carbons (Fsp3) is 0.455. The SMILES string of the molecule is COc1cc(C(C)C)c(S(=O)(=O)Cl)cc1OC. The number of methoxy groups -OCH3 is 2. The lowest BCUT2D eigenvalue weighted by atomic mass is 10.0. The lowest BCUT2D eigenvalue weighted by Gasteiger charge is -2.15. The molecule has 1 aromatic rings. The van der Waals surface area contributed by atoms with E-state index in [9.17, 15) is 8.42 Å². The first-order valence-electron chi connectivity index (χ1n) is 5.01. The van der Waals surface area contributed by atoms with Crippen molar-refractivity contribution in [3.63, 3.8) is 0 Å². The fourth-order valence-corrected chi connectivity index (χ4v) is 2.76. The van der Waals surface area contributed by atoms with Crippen molar-refractivity contribution in [3.8, 4) is 11.5 Å². The molecule has 0 fully saturated rings. The van der Waals surface area contributed by atoms with E-state index in [1.165, 1.54) is 20.3 Å². The van der Waals surface area contributed by atoms with Gasteiger partial charge in [-0.05, 0) is 17.5 Å². The summed E-state index contributed by atoms with van der Waals surface area (Å²) < 4.78 is 33.2. The van der Waals surface area contributed by atoms with Gasteiger partial charge in [-0.15, -0.1) is 0 Å². The molecule has 0 atom stereocenters. The van der Waals surface area contributed by atoms with E-state index in [0.29, 0.717) is 17.1 Å². The third-order valence-electron chi connectivity index (χ3n) is 2.40. The van der Waals surface area contributed by atoms with E-state index >= 15 is 0 Å². The third-order valence-corrected chi connectivity index (χ3v) is 3.78. The monoisotopic (exact) mass is 278 g/mol. The normalized spacial score (nSPS) is 11.6. The quantitative estimate of drug-likeness (QED) is 0.795. The Kier molecular flexibility index (Phi) is 4.27. The maximum Gasteiger partial charge on any atom is 0.261 e. The minimum absolute atomic E-state index is 0.0123. The first-order valence-corrected chi connectivity index (χ1v) is 7.32. The molecule has 0 aliphatic carbocycles. The molecule has 4 nitrogen and oxygen atoms in total. The van der Waals surface area contributed by atoms with Gasteiger partial charge in [-0.3, -0.25) is 0 Å². The van der Waals surface area contributed by atoms with Gasteiger partial charge in [0, 0.05) is 16.7 Å². The molecule has 0 aromatic heterocycles. The second-order valence-corrected chi connectivity index (χ2v) is 6.37. The molecule has 0 amide bonds. The number of hydrogen-bond donors (Lipinski definition) is 0. The fourth-order valence-electron chi connectivity index (χ4n) is 1.54. The molecule has 0 aliphatic rings. The number of benzene rings is 1. The summed E-state index contributed by atoms with van der Waals surface area (Å²) in [6.07, 6.45) is 0. The van der Waals surface area contributed by atoms with Gasteiger partial charge >= 0.3 is 0 Å². The summed E-state index contributed by atoms with van der Waals surface area (Å²) in [5, 5.41) is 0. The topological polar surface area (TPSA) is 52.6 Å². The van der Waals surface area contributed by atoms with Gasteiger partial charge < -0.3 is 9.47 Å². The predicted octanol–water partition coefficient (Wildman–Crippen LogP) is 2.75. The lowest BCUT2D eigenvalue weighted by Crippen LogP contribution is -2.02. The van der Waals surface area contributed by atoms with Crippen molar-refractivity contribution >= 4 is 19.7 Å². The molecule has 1 aromatic carbocycles. The van der Waals surface area contributed by atoms with Crippen molar-refractivity contribution in [2.45, 2.75) is 24.7 Å². The number of hydrogen-bond acceptors (Lipinski definition) is 4. The van der Waals surface area contributed by atoms with Crippen LogP contribution in [0.2, 0.25) is 0 Å². The van der Waals surface area contributed by atoms with E-state index in [2.05, 4.69) is 0 Å². The summed E-state index contributed by atoms with van der Waals surface area (Å²) in [7, 11) is 4.55. The van der Waals surface area contributed by atoms with Gasteiger partial charge in [0.25, 0.3) is 9.05 Å². The first kappa shape index (κ1) is 14.1. The Hall–Kier alpha value is -0.940. The van der Waals surface area contributed by atoms with Crippen LogP contribution in [-0.2, 0) is 9.05 Å². The average molecular weight is 279 g/mol. The van der Waals surface area contributed by atoms with Crippen molar-refractivity contribution < 1.29 is 17.9 Å². The van der Waals surface area contributed by atoms with Gasteiger partial charge in [-0.2, -0.15) is 0 Å². The second-order valence-electron chi connectivity index (χ2n) is 3.84. The summed E-state index contributed by atoms with van der Waals surface area (Å²) in [6, 6.07) is 3.02. The molecule has 6 heteroatoms. The van der Waals surface area contributed by atoms with Gasteiger partial charge in [0.1, 0.15) is 0 Å². The molecule has 0 heterocycles. The summed E-state index contributed by atoms with van der Waals surface area (Å²) >= 11 is 0. The zero-order chi connectivity index (χ0) is 13.2. The van der Waals surface area contributed by atoms with Crippen molar-refractivity contribution in [2.75, 3.05) is 14.2 Å². The predicted molar refractivity (Wildman–Crippen MR) is 66.7 cm³/mol. The van der Waals surface area contributed by atoms with Crippen LogP contribution in [-0.4, -0.2) is 22.6 Å². The highest BCUT2D eigenvalue weighted by atomic mass is 35.7. The van der Waals surface area contributed by atoms with Crippen LogP contribution >= 0.6 is 10.7 Å². The van der Waals surface area contributed by atoms with Crippen LogP contribution in [0.15, 0.2) is 17.0 Å². The Morgan fingerprint density at radius 1 is 1.12 bits per heavy atom. The zero-order valence-electron chi connectivity index (χ0n) is 10.2. The van der Waals surface area contributed by atoms with Gasteiger partial charge in [-0.1, -0.05) is 13.8 Å². The van der Waals surface area contributed by atoms with Crippen LogP contribution < -0.4 is 9.47 Å². The Labute approximate surface area is 106 Å². The smallest absolute Gasteiger partial charge is 0.261 e. The minimum atomic E-state index is -3.80. The zero-order valence-corrected chi connectivity index (χ0v) is 11.7. The molecule has 0 saturated carbocycles. The number of ether oxygens (including phenoxy) is 2. The van der Waals surface area contributed by atoms with Crippen molar-refractivity contribution in [1.82, 2.24) is 0 Å². The van der Waals surface area contributed by atoms with Gasteiger partial charge in [0.05, 0.1) is 19.1 Å². The lowest BCUT2D eigenvalue weighted by molar-refractivity contribution is 0.353. The number of rotatable bonds is 4. The van der Waals surface area contributed by atoms with Gasteiger partial charge in [0.15, 0.2) is 11.5 Å². The van der Waals surface area contributed by atoms with E-state index in [4.69, 9.17) is 20.2 Å². The first-order chi connectivity index (χ1) is 7.81. The van der Waals surface area contributed by atoms with E-state index in [-0.39, 0.29) is 10.8 Å². The standard InChI is InChI=1S/C11H15ClO4S/c1-7(2)8-5-9(15-3)10(16-4)6-11(8)17(12,13)14/h5-7H,1-4H3. The molecule has 0 bridgehead atoms. The summed E-state index contributed by atoms with van der Waals surface area (Å²) in [6.45, 7) is 3.76. The van der Waals surface area contributed by atoms with Crippen LogP contribution in [0.25, 0.3) is 0 Å². The highest BCUT2D eigenvalue weighted by Crippen LogP contribution is 2.37. The number of halogens is 1. The Morgan fingerprint density at radius 2 is 1.59 bits per heavy atom. The minimum Gasteiger partial charge on any atom is -0.493 e. The summed E-state index contributed by atoms with van der Waals surface area (Å²) in [5.74, 6) is 0.842.